The lowest BCUT2D eigenvalue weighted by molar-refractivity contribution is -0.117. The van der Waals surface area contributed by atoms with Gasteiger partial charge in [0.15, 0.2) is 0 Å². The Balaban J connectivity index is 2.58. The summed E-state index contributed by atoms with van der Waals surface area (Å²) in [6.45, 7) is 4.43. The van der Waals surface area contributed by atoms with Gasteiger partial charge in [-0.15, -0.1) is 0 Å². The average molecular weight is 315 g/mol. The Labute approximate surface area is 130 Å². The lowest BCUT2D eigenvalue weighted by Gasteiger charge is -2.14. The van der Waals surface area contributed by atoms with Crippen LogP contribution in [-0.4, -0.2) is 31.8 Å². The summed E-state index contributed by atoms with van der Waals surface area (Å²) in [4.78, 5) is 11.9. The Kier molecular flexibility index (Phi) is 7.50. The molecule has 6 heteroatoms. The maximum Gasteiger partial charge on any atom is 0.241 e. The molecule has 0 saturated heterocycles. The summed E-state index contributed by atoms with van der Waals surface area (Å²) in [6.07, 6.45) is 1.35. The van der Waals surface area contributed by atoms with Crippen molar-refractivity contribution in [3.63, 3.8) is 0 Å². The van der Waals surface area contributed by atoms with Crippen molar-refractivity contribution in [3.05, 3.63) is 23.2 Å². The van der Waals surface area contributed by atoms with Crippen LogP contribution in [0.15, 0.2) is 18.2 Å². The topological polar surface area (TPSA) is 73.6 Å². The molecule has 1 atom stereocenters. The first kappa shape index (κ1) is 17.8. The van der Waals surface area contributed by atoms with Crippen LogP contribution in [0.5, 0.6) is 5.75 Å². The molecule has 0 radical (unpaired) electrons. The molecular weight excluding hydrogens is 292 g/mol. The molecule has 0 spiro atoms. The number of methoxy groups -OCH3 is 1. The quantitative estimate of drug-likeness (QED) is 0.724. The maximum absolute atomic E-state index is 11.9. The number of benzene rings is 1. The molecule has 0 fully saturated rings. The highest BCUT2D eigenvalue weighted by molar-refractivity contribution is 6.32. The van der Waals surface area contributed by atoms with Crippen LogP contribution in [0.1, 0.15) is 26.7 Å². The number of anilines is 1. The number of nitrogens with one attached hydrogen (secondary N) is 1. The van der Waals surface area contributed by atoms with Crippen LogP contribution in [0, 0.1) is 0 Å². The molecule has 118 valence electrons. The number of nitrogens with two attached hydrogens (primary N) is 1. The van der Waals surface area contributed by atoms with Crippen molar-refractivity contribution in [3.8, 4) is 5.75 Å². The number of hydrogen-bond donors (Lipinski definition) is 2. The van der Waals surface area contributed by atoms with Crippen molar-refractivity contribution >= 4 is 23.2 Å². The Morgan fingerprint density at radius 3 is 2.71 bits per heavy atom. The van der Waals surface area contributed by atoms with E-state index in [0.29, 0.717) is 29.5 Å². The highest BCUT2D eigenvalue weighted by Crippen LogP contribution is 2.28. The third-order valence-electron chi connectivity index (χ3n) is 2.76. The fourth-order valence-corrected chi connectivity index (χ4v) is 1.97. The van der Waals surface area contributed by atoms with E-state index < -0.39 is 6.04 Å². The number of carbonyl (C=O) groups is 1. The van der Waals surface area contributed by atoms with Crippen molar-refractivity contribution in [1.82, 2.24) is 0 Å². The molecule has 1 aromatic carbocycles. The van der Waals surface area contributed by atoms with E-state index in [0.717, 1.165) is 6.42 Å². The van der Waals surface area contributed by atoms with E-state index in [-0.39, 0.29) is 12.0 Å². The van der Waals surface area contributed by atoms with E-state index in [1.54, 1.807) is 25.3 Å². The number of ether oxygens (including phenoxy) is 2. The van der Waals surface area contributed by atoms with Crippen LogP contribution in [0.3, 0.4) is 0 Å². The van der Waals surface area contributed by atoms with Crippen molar-refractivity contribution in [2.75, 3.05) is 19.0 Å². The van der Waals surface area contributed by atoms with Gasteiger partial charge in [-0.25, -0.2) is 0 Å². The van der Waals surface area contributed by atoms with E-state index >= 15 is 0 Å². The van der Waals surface area contributed by atoms with Crippen molar-refractivity contribution in [2.24, 2.45) is 5.73 Å². The molecule has 1 aromatic rings. The van der Waals surface area contributed by atoms with Crippen LogP contribution in [-0.2, 0) is 9.53 Å². The Bertz CT molecular complexity index is 466. The summed E-state index contributed by atoms with van der Waals surface area (Å²) in [5, 5.41) is 3.20. The number of carbonyl (C=O) groups excluding carboxylic acids is 1. The summed E-state index contributed by atoms with van der Waals surface area (Å²) < 4.78 is 10.5. The normalized spacial score (nSPS) is 12.3. The van der Waals surface area contributed by atoms with Crippen LogP contribution in [0.4, 0.5) is 5.69 Å². The summed E-state index contributed by atoms with van der Waals surface area (Å²) in [7, 11) is 1.62. The second-order valence-corrected chi connectivity index (χ2v) is 5.45. The zero-order valence-electron chi connectivity index (χ0n) is 12.7. The van der Waals surface area contributed by atoms with Gasteiger partial charge in [-0.05, 0) is 44.9 Å². The van der Waals surface area contributed by atoms with Gasteiger partial charge in [0.25, 0.3) is 0 Å². The molecule has 0 bridgehead atoms. The predicted octanol–water partition coefficient (Wildman–Crippen LogP) is 2.82. The van der Waals surface area contributed by atoms with E-state index in [1.807, 2.05) is 13.8 Å². The fourth-order valence-electron chi connectivity index (χ4n) is 1.74. The van der Waals surface area contributed by atoms with Crippen LogP contribution < -0.4 is 15.8 Å². The fraction of sp³-hybridized carbons (Fsp3) is 0.533. The first-order valence-electron chi connectivity index (χ1n) is 6.95. The van der Waals surface area contributed by atoms with Gasteiger partial charge in [-0.2, -0.15) is 0 Å². The summed E-state index contributed by atoms with van der Waals surface area (Å²) in [5.41, 5.74) is 6.41. The second-order valence-electron chi connectivity index (χ2n) is 5.04. The molecule has 1 unspecified atom stereocenters. The first-order chi connectivity index (χ1) is 9.93. The highest BCUT2D eigenvalue weighted by atomic mass is 35.5. The summed E-state index contributed by atoms with van der Waals surface area (Å²) >= 11 is 6.11. The monoisotopic (exact) mass is 314 g/mol. The van der Waals surface area contributed by atoms with E-state index in [9.17, 15) is 4.79 Å². The second kappa shape index (κ2) is 8.87. The van der Waals surface area contributed by atoms with Gasteiger partial charge in [0.05, 0.1) is 17.2 Å². The van der Waals surface area contributed by atoms with Gasteiger partial charge < -0.3 is 20.5 Å². The minimum absolute atomic E-state index is 0.0390. The van der Waals surface area contributed by atoms with Gasteiger partial charge in [-0.1, -0.05) is 11.6 Å². The summed E-state index contributed by atoms with van der Waals surface area (Å²) in [6, 6.07) is 4.56. The van der Waals surface area contributed by atoms with Gasteiger partial charge in [-0.3, -0.25) is 4.79 Å². The largest absolute Gasteiger partial charge is 0.489 e. The number of hydrogen-bond acceptors (Lipinski definition) is 4. The number of amides is 1. The van der Waals surface area contributed by atoms with Gasteiger partial charge >= 0.3 is 0 Å². The van der Waals surface area contributed by atoms with E-state index in [1.165, 1.54) is 0 Å². The lowest BCUT2D eigenvalue weighted by Crippen LogP contribution is -2.35. The maximum atomic E-state index is 11.9. The van der Waals surface area contributed by atoms with Gasteiger partial charge in [0.1, 0.15) is 5.75 Å². The smallest absolute Gasteiger partial charge is 0.241 e. The molecule has 1 rings (SSSR count). The molecule has 3 N–H and O–H groups in total. The molecule has 0 aromatic heterocycles. The minimum atomic E-state index is -0.564. The molecule has 0 saturated carbocycles. The molecule has 1 amide bonds. The third-order valence-corrected chi connectivity index (χ3v) is 3.06. The Hall–Kier alpha value is -1.30. The molecule has 21 heavy (non-hydrogen) atoms. The van der Waals surface area contributed by atoms with E-state index in [4.69, 9.17) is 26.8 Å². The third kappa shape index (κ3) is 6.33. The molecule has 0 aliphatic rings. The zero-order chi connectivity index (χ0) is 15.8. The van der Waals surface area contributed by atoms with Crippen LogP contribution >= 0.6 is 11.6 Å². The van der Waals surface area contributed by atoms with Crippen LogP contribution in [0.2, 0.25) is 5.02 Å². The highest BCUT2D eigenvalue weighted by Gasteiger charge is 2.14. The van der Waals surface area contributed by atoms with Crippen molar-refractivity contribution in [1.29, 1.82) is 0 Å². The predicted molar refractivity (Wildman–Crippen MR) is 84.9 cm³/mol. The minimum Gasteiger partial charge on any atom is -0.489 e. The molecule has 0 heterocycles. The molecule has 0 aliphatic carbocycles. The zero-order valence-corrected chi connectivity index (χ0v) is 13.4. The average Bonchev–Trinajstić information content (AvgIpc) is 2.41. The Morgan fingerprint density at radius 2 is 2.14 bits per heavy atom. The number of rotatable bonds is 8. The van der Waals surface area contributed by atoms with Crippen molar-refractivity contribution in [2.45, 2.75) is 38.8 Å². The molecule has 5 nitrogen and oxygen atoms in total. The molecular formula is C15H23ClN2O3. The van der Waals surface area contributed by atoms with Crippen molar-refractivity contribution < 1.29 is 14.3 Å². The first-order valence-corrected chi connectivity index (χ1v) is 7.33. The van der Waals surface area contributed by atoms with E-state index in [2.05, 4.69) is 5.32 Å². The Morgan fingerprint density at radius 1 is 1.43 bits per heavy atom. The summed E-state index contributed by atoms with van der Waals surface area (Å²) in [5.74, 6) is 0.355. The standard InChI is InChI=1S/C15H23ClN2O3/c1-10(2)21-14-7-6-11(9-12(14)16)18-15(19)13(17)5-4-8-20-3/h6-7,9-10,13H,4-5,8,17H2,1-3H3,(H,18,19). The van der Waals surface area contributed by atoms with Gasteiger partial charge in [0.2, 0.25) is 5.91 Å². The van der Waals surface area contributed by atoms with Gasteiger partial charge in [0, 0.05) is 19.4 Å². The number of halogens is 1. The SMILES string of the molecule is COCCCC(N)C(=O)Nc1ccc(OC(C)C)c(Cl)c1. The lowest BCUT2D eigenvalue weighted by atomic mass is 10.1. The molecule has 0 aliphatic heterocycles. The van der Waals surface area contributed by atoms with Crippen LogP contribution in [0.25, 0.3) is 0 Å².